The first kappa shape index (κ1) is 12.7. The lowest BCUT2D eigenvalue weighted by atomic mass is 10.2. The minimum Gasteiger partial charge on any atom is -0.465 e. The van der Waals surface area contributed by atoms with Crippen molar-refractivity contribution in [1.29, 1.82) is 5.26 Å². The SMILES string of the molecule is COC(=O)c1c(N2CCOCC2)sc(C#N)c1N. The standard InChI is InChI=1S/C11H13N3O3S/c1-16-11(15)8-9(13)7(6-12)18-10(8)14-2-4-17-5-3-14/h2-5,13H2,1H3. The number of ether oxygens (including phenoxy) is 2. The van der Waals surface area contributed by atoms with Gasteiger partial charge in [0.05, 0.1) is 26.0 Å². The second kappa shape index (κ2) is 5.25. The highest BCUT2D eigenvalue weighted by Crippen LogP contribution is 2.38. The quantitative estimate of drug-likeness (QED) is 0.798. The minimum absolute atomic E-state index is 0.204. The number of rotatable bonds is 2. The van der Waals surface area contributed by atoms with Gasteiger partial charge in [-0.2, -0.15) is 5.26 Å². The number of nitrogens with two attached hydrogens (primary N) is 1. The second-order valence-electron chi connectivity index (χ2n) is 3.73. The van der Waals surface area contributed by atoms with Crippen molar-refractivity contribution in [2.24, 2.45) is 0 Å². The summed E-state index contributed by atoms with van der Waals surface area (Å²) in [4.78, 5) is 14.1. The van der Waals surface area contributed by atoms with Crippen molar-refractivity contribution < 1.29 is 14.3 Å². The molecule has 2 heterocycles. The molecule has 1 aliphatic heterocycles. The molecular formula is C11H13N3O3S. The van der Waals surface area contributed by atoms with Crippen LogP contribution in [-0.4, -0.2) is 39.4 Å². The van der Waals surface area contributed by atoms with E-state index in [1.165, 1.54) is 18.4 Å². The van der Waals surface area contributed by atoms with Crippen LogP contribution in [0.25, 0.3) is 0 Å². The highest BCUT2D eigenvalue weighted by Gasteiger charge is 2.27. The van der Waals surface area contributed by atoms with Crippen molar-refractivity contribution in [3.8, 4) is 6.07 Å². The Kier molecular flexibility index (Phi) is 3.69. The Hall–Kier alpha value is -1.78. The lowest BCUT2D eigenvalue weighted by Gasteiger charge is -2.28. The zero-order chi connectivity index (χ0) is 13.1. The smallest absolute Gasteiger partial charge is 0.343 e. The van der Waals surface area contributed by atoms with Gasteiger partial charge in [0, 0.05) is 13.1 Å². The normalized spacial score (nSPS) is 15.2. The van der Waals surface area contributed by atoms with Gasteiger partial charge in [-0.15, -0.1) is 11.3 Å². The van der Waals surface area contributed by atoms with Crippen LogP contribution in [0.2, 0.25) is 0 Å². The summed E-state index contributed by atoms with van der Waals surface area (Å²) in [6, 6.07) is 2.00. The van der Waals surface area contributed by atoms with Gasteiger partial charge in [0.15, 0.2) is 0 Å². The second-order valence-corrected chi connectivity index (χ2v) is 4.73. The molecule has 7 heteroatoms. The highest BCUT2D eigenvalue weighted by atomic mass is 32.1. The van der Waals surface area contributed by atoms with E-state index in [4.69, 9.17) is 20.5 Å². The molecule has 2 N–H and O–H groups in total. The number of hydrogen-bond acceptors (Lipinski definition) is 7. The minimum atomic E-state index is -0.508. The van der Waals surface area contributed by atoms with Gasteiger partial charge in [-0.05, 0) is 0 Å². The number of hydrogen-bond donors (Lipinski definition) is 1. The molecule has 1 aromatic heterocycles. The van der Waals surface area contributed by atoms with Crippen molar-refractivity contribution in [3.63, 3.8) is 0 Å². The molecule has 6 nitrogen and oxygen atoms in total. The molecule has 1 aliphatic rings. The summed E-state index contributed by atoms with van der Waals surface area (Å²) < 4.78 is 9.99. The topological polar surface area (TPSA) is 88.6 Å². The molecule has 1 saturated heterocycles. The van der Waals surface area contributed by atoms with E-state index in [0.717, 1.165) is 0 Å². The molecular weight excluding hydrogens is 254 g/mol. The third-order valence-electron chi connectivity index (χ3n) is 2.72. The lowest BCUT2D eigenvalue weighted by molar-refractivity contribution is 0.0602. The van der Waals surface area contributed by atoms with E-state index in [1.807, 2.05) is 11.0 Å². The Morgan fingerprint density at radius 3 is 2.78 bits per heavy atom. The summed E-state index contributed by atoms with van der Waals surface area (Å²) in [6.45, 7) is 2.55. The summed E-state index contributed by atoms with van der Waals surface area (Å²) >= 11 is 1.22. The van der Waals surface area contributed by atoms with Crippen LogP contribution in [0.1, 0.15) is 15.2 Å². The molecule has 0 amide bonds. The van der Waals surface area contributed by atoms with Crippen LogP contribution in [0.3, 0.4) is 0 Å². The molecule has 0 aromatic carbocycles. The van der Waals surface area contributed by atoms with Crippen LogP contribution in [0, 0.1) is 11.3 Å². The van der Waals surface area contributed by atoms with Crippen LogP contribution in [0.15, 0.2) is 0 Å². The van der Waals surface area contributed by atoms with Gasteiger partial charge in [-0.25, -0.2) is 4.79 Å². The Morgan fingerprint density at radius 2 is 2.22 bits per heavy atom. The fourth-order valence-corrected chi connectivity index (χ4v) is 2.86. The molecule has 0 unspecified atom stereocenters. The fourth-order valence-electron chi connectivity index (χ4n) is 1.80. The number of carbonyl (C=O) groups is 1. The molecule has 0 aliphatic carbocycles. The summed E-state index contributed by atoms with van der Waals surface area (Å²) in [5, 5.41) is 9.69. The van der Waals surface area contributed by atoms with E-state index in [-0.39, 0.29) is 5.69 Å². The third-order valence-corrected chi connectivity index (χ3v) is 3.89. The molecule has 0 atom stereocenters. The highest BCUT2D eigenvalue weighted by molar-refractivity contribution is 7.17. The molecule has 0 spiro atoms. The van der Waals surface area contributed by atoms with Crippen LogP contribution < -0.4 is 10.6 Å². The molecule has 1 fully saturated rings. The number of esters is 1. The molecule has 1 aromatic rings. The Morgan fingerprint density at radius 1 is 1.56 bits per heavy atom. The van der Waals surface area contributed by atoms with Gasteiger partial charge in [0.2, 0.25) is 0 Å². The summed E-state index contributed by atoms with van der Waals surface area (Å²) in [6.07, 6.45) is 0. The fraction of sp³-hybridized carbons (Fsp3) is 0.455. The van der Waals surface area contributed by atoms with Crippen LogP contribution >= 0.6 is 11.3 Å². The monoisotopic (exact) mass is 267 g/mol. The van der Waals surface area contributed by atoms with Gasteiger partial charge in [0.1, 0.15) is 21.5 Å². The molecule has 0 radical (unpaired) electrons. The van der Waals surface area contributed by atoms with Gasteiger partial charge < -0.3 is 20.1 Å². The average Bonchev–Trinajstić information content (AvgIpc) is 2.76. The molecule has 0 bridgehead atoms. The van der Waals surface area contributed by atoms with Crippen molar-refractivity contribution in [2.45, 2.75) is 0 Å². The van der Waals surface area contributed by atoms with Crippen molar-refractivity contribution in [3.05, 3.63) is 10.4 Å². The maximum Gasteiger partial charge on any atom is 0.343 e. The average molecular weight is 267 g/mol. The lowest BCUT2D eigenvalue weighted by Crippen LogP contribution is -2.36. The van der Waals surface area contributed by atoms with Gasteiger partial charge in [-0.1, -0.05) is 0 Å². The summed E-state index contributed by atoms with van der Waals surface area (Å²) in [5.41, 5.74) is 6.32. The van der Waals surface area contributed by atoms with E-state index in [1.54, 1.807) is 0 Å². The predicted octanol–water partition coefficient (Wildman–Crippen LogP) is 0.825. The van der Waals surface area contributed by atoms with Gasteiger partial charge in [-0.3, -0.25) is 0 Å². The van der Waals surface area contributed by atoms with Gasteiger partial charge >= 0.3 is 5.97 Å². The van der Waals surface area contributed by atoms with Crippen molar-refractivity contribution in [1.82, 2.24) is 0 Å². The predicted molar refractivity (Wildman–Crippen MR) is 67.8 cm³/mol. The Balaban J connectivity index is 2.45. The molecule has 2 rings (SSSR count). The van der Waals surface area contributed by atoms with Crippen molar-refractivity contribution >= 4 is 28.0 Å². The van der Waals surface area contributed by atoms with E-state index in [9.17, 15) is 4.79 Å². The van der Waals surface area contributed by atoms with Crippen molar-refractivity contribution in [2.75, 3.05) is 44.0 Å². The zero-order valence-electron chi connectivity index (χ0n) is 9.93. The Bertz CT molecular complexity index is 500. The largest absolute Gasteiger partial charge is 0.465 e. The first-order chi connectivity index (χ1) is 8.69. The van der Waals surface area contributed by atoms with E-state index in [2.05, 4.69) is 0 Å². The molecule has 96 valence electrons. The maximum absolute atomic E-state index is 11.8. The van der Waals surface area contributed by atoms with Gasteiger partial charge in [0.25, 0.3) is 0 Å². The molecule has 0 saturated carbocycles. The third kappa shape index (κ3) is 2.12. The van der Waals surface area contributed by atoms with Crippen LogP contribution in [0.4, 0.5) is 10.7 Å². The number of nitriles is 1. The number of thiophene rings is 1. The first-order valence-electron chi connectivity index (χ1n) is 5.42. The number of anilines is 2. The zero-order valence-corrected chi connectivity index (χ0v) is 10.7. The number of methoxy groups -OCH3 is 1. The summed E-state index contributed by atoms with van der Waals surface area (Å²) in [7, 11) is 1.30. The van der Waals surface area contributed by atoms with Crippen LogP contribution in [-0.2, 0) is 9.47 Å². The van der Waals surface area contributed by atoms with E-state index in [0.29, 0.717) is 41.7 Å². The van der Waals surface area contributed by atoms with E-state index < -0.39 is 5.97 Å². The van der Waals surface area contributed by atoms with E-state index >= 15 is 0 Å². The summed E-state index contributed by atoms with van der Waals surface area (Å²) in [5.74, 6) is -0.508. The first-order valence-corrected chi connectivity index (χ1v) is 6.24. The Labute approximate surface area is 109 Å². The number of carbonyl (C=O) groups excluding carboxylic acids is 1. The molecule has 18 heavy (non-hydrogen) atoms. The maximum atomic E-state index is 11.8. The number of nitrogen functional groups attached to an aromatic ring is 1. The van der Waals surface area contributed by atoms with Crippen LogP contribution in [0.5, 0.6) is 0 Å². The number of morpholine rings is 1. The number of nitrogens with zero attached hydrogens (tertiary/aromatic N) is 2.